The van der Waals surface area contributed by atoms with Crippen LogP contribution in [0.1, 0.15) is 38.2 Å². The average molecular weight is 274 g/mol. The van der Waals surface area contributed by atoms with E-state index in [2.05, 4.69) is 17.5 Å². The molecular weight excluding hydrogens is 252 g/mol. The minimum atomic E-state index is -0.0686. The molecule has 2 rings (SSSR count). The highest BCUT2D eigenvalue weighted by molar-refractivity contribution is 5.87. The highest BCUT2D eigenvalue weighted by Crippen LogP contribution is 2.20. The van der Waals surface area contributed by atoms with E-state index in [1.54, 1.807) is 7.11 Å². The Labute approximate surface area is 120 Å². The molecule has 1 unspecified atom stereocenters. The Hall–Kier alpha value is -1.84. The Balaban J connectivity index is 1.84. The van der Waals surface area contributed by atoms with E-state index in [-0.39, 0.29) is 5.91 Å². The van der Waals surface area contributed by atoms with Crippen molar-refractivity contribution in [1.29, 1.82) is 0 Å². The molecule has 4 nitrogen and oxygen atoms in total. The van der Waals surface area contributed by atoms with Gasteiger partial charge in [0.25, 0.3) is 0 Å². The van der Waals surface area contributed by atoms with Crippen LogP contribution < -0.4 is 10.2 Å². The van der Waals surface area contributed by atoms with Gasteiger partial charge < -0.3 is 4.74 Å². The van der Waals surface area contributed by atoms with Gasteiger partial charge in [-0.15, -0.1) is 0 Å². The maximum absolute atomic E-state index is 11.8. The lowest BCUT2D eigenvalue weighted by atomic mass is 9.89. The van der Waals surface area contributed by atoms with Crippen molar-refractivity contribution in [3.63, 3.8) is 0 Å². The molecule has 0 aromatic heterocycles. The molecule has 0 aliphatic heterocycles. The van der Waals surface area contributed by atoms with Crippen LogP contribution in [0.25, 0.3) is 0 Å². The van der Waals surface area contributed by atoms with E-state index in [4.69, 9.17) is 4.74 Å². The van der Waals surface area contributed by atoms with Crippen molar-refractivity contribution in [2.45, 2.75) is 39.0 Å². The average Bonchev–Trinajstić information content (AvgIpc) is 2.46. The zero-order valence-electron chi connectivity index (χ0n) is 12.2. The molecule has 1 aromatic rings. The molecule has 1 aliphatic rings. The molecule has 20 heavy (non-hydrogen) atoms. The molecule has 4 heteroatoms. The zero-order valence-corrected chi connectivity index (χ0v) is 12.2. The predicted octanol–water partition coefficient (Wildman–Crippen LogP) is 2.92. The number of carbonyl (C=O) groups excluding carboxylic acids is 1. The number of rotatable bonds is 4. The molecule has 1 saturated carbocycles. The van der Waals surface area contributed by atoms with Crippen LogP contribution in [0.4, 0.5) is 0 Å². The fraction of sp³-hybridized carbons (Fsp3) is 0.500. The molecule has 1 aliphatic carbocycles. The van der Waals surface area contributed by atoms with Crippen molar-refractivity contribution < 1.29 is 9.53 Å². The van der Waals surface area contributed by atoms with Gasteiger partial charge in [-0.1, -0.05) is 19.1 Å². The lowest BCUT2D eigenvalue weighted by molar-refractivity contribution is -0.120. The number of amides is 1. The second kappa shape index (κ2) is 7.08. The maximum Gasteiger partial charge on any atom is 0.244 e. The summed E-state index contributed by atoms with van der Waals surface area (Å²) in [6, 6.07) is 7.51. The SMILES string of the molecule is COc1ccc(CC(=O)NN=C2CCCC(C)C2)cc1. The van der Waals surface area contributed by atoms with E-state index in [0.29, 0.717) is 12.3 Å². The van der Waals surface area contributed by atoms with E-state index >= 15 is 0 Å². The van der Waals surface area contributed by atoms with E-state index in [0.717, 1.165) is 29.9 Å². The molecule has 0 radical (unpaired) electrons. The minimum absolute atomic E-state index is 0.0686. The minimum Gasteiger partial charge on any atom is -0.497 e. The first-order chi connectivity index (χ1) is 9.67. The Bertz CT molecular complexity index is 480. The molecule has 1 fully saturated rings. The Morgan fingerprint density at radius 3 is 2.80 bits per heavy atom. The fourth-order valence-electron chi connectivity index (χ4n) is 2.47. The smallest absolute Gasteiger partial charge is 0.244 e. The number of hydrogen-bond donors (Lipinski definition) is 1. The van der Waals surface area contributed by atoms with Gasteiger partial charge in [-0.3, -0.25) is 4.79 Å². The fourth-order valence-corrected chi connectivity index (χ4v) is 2.47. The molecular formula is C16H22N2O2. The molecule has 0 heterocycles. The molecule has 0 bridgehead atoms. The number of ether oxygens (including phenoxy) is 1. The topological polar surface area (TPSA) is 50.7 Å². The van der Waals surface area contributed by atoms with Gasteiger partial charge in [0.2, 0.25) is 5.91 Å². The zero-order chi connectivity index (χ0) is 14.4. The third-order valence-electron chi connectivity index (χ3n) is 3.61. The molecule has 0 spiro atoms. The van der Waals surface area contributed by atoms with Gasteiger partial charge in [-0.2, -0.15) is 5.10 Å². The number of nitrogens with one attached hydrogen (secondary N) is 1. The summed E-state index contributed by atoms with van der Waals surface area (Å²) in [6.45, 7) is 2.23. The standard InChI is InChI=1S/C16H22N2O2/c1-12-4-3-5-14(10-12)17-18-16(19)11-13-6-8-15(20-2)9-7-13/h6-9,12H,3-5,10-11H2,1-2H3,(H,18,19). The van der Waals surface area contributed by atoms with Gasteiger partial charge in [0.05, 0.1) is 13.5 Å². The summed E-state index contributed by atoms with van der Waals surface area (Å²) < 4.78 is 5.09. The van der Waals surface area contributed by atoms with Crippen LogP contribution in [-0.4, -0.2) is 18.7 Å². The van der Waals surface area contributed by atoms with Crippen molar-refractivity contribution in [2.24, 2.45) is 11.0 Å². The van der Waals surface area contributed by atoms with Crippen molar-refractivity contribution in [2.75, 3.05) is 7.11 Å². The first-order valence-electron chi connectivity index (χ1n) is 7.14. The largest absolute Gasteiger partial charge is 0.497 e. The van der Waals surface area contributed by atoms with Gasteiger partial charge in [-0.25, -0.2) is 5.43 Å². The van der Waals surface area contributed by atoms with Gasteiger partial charge in [0.15, 0.2) is 0 Å². The number of benzene rings is 1. The number of hydrogen-bond acceptors (Lipinski definition) is 3. The molecule has 1 N–H and O–H groups in total. The molecule has 0 saturated heterocycles. The summed E-state index contributed by atoms with van der Waals surface area (Å²) in [5.41, 5.74) is 4.74. The third-order valence-corrected chi connectivity index (χ3v) is 3.61. The Morgan fingerprint density at radius 2 is 2.15 bits per heavy atom. The number of nitrogens with zero attached hydrogens (tertiary/aromatic N) is 1. The van der Waals surface area contributed by atoms with E-state index in [1.807, 2.05) is 24.3 Å². The van der Waals surface area contributed by atoms with E-state index in [9.17, 15) is 4.79 Å². The highest BCUT2D eigenvalue weighted by Gasteiger charge is 2.14. The summed E-state index contributed by atoms with van der Waals surface area (Å²) in [5.74, 6) is 1.41. The van der Waals surface area contributed by atoms with Crippen LogP contribution in [0.15, 0.2) is 29.4 Å². The van der Waals surface area contributed by atoms with Crippen molar-refractivity contribution in [3.05, 3.63) is 29.8 Å². The van der Waals surface area contributed by atoms with Gasteiger partial charge in [-0.05, 0) is 49.3 Å². The summed E-state index contributed by atoms with van der Waals surface area (Å²) >= 11 is 0. The van der Waals surface area contributed by atoms with Crippen LogP contribution in [0, 0.1) is 5.92 Å². The van der Waals surface area contributed by atoms with Crippen LogP contribution in [0.3, 0.4) is 0 Å². The van der Waals surface area contributed by atoms with E-state index in [1.165, 1.54) is 12.8 Å². The number of hydrazone groups is 1. The van der Waals surface area contributed by atoms with Crippen LogP contribution >= 0.6 is 0 Å². The molecule has 1 amide bonds. The van der Waals surface area contributed by atoms with Crippen LogP contribution in [0.5, 0.6) is 5.75 Å². The van der Waals surface area contributed by atoms with Crippen LogP contribution in [-0.2, 0) is 11.2 Å². The Morgan fingerprint density at radius 1 is 1.40 bits per heavy atom. The molecule has 108 valence electrons. The number of carbonyl (C=O) groups is 1. The first kappa shape index (κ1) is 14.6. The summed E-state index contributed by atoms with van der Waals surface area (Å²) in [7, 11) is 1.63. The van der Waals surface area contributed by atoms with Crippen molar-refractivity contribution in [3.8, 4) is 5.75 Å². The summed E-state index contributed by atoms with van der Waals surface area (Å²) in [4.78, 5) is 11.8. The molecule has 1 aromatic carbocycles. The number of methoxy groups -OCH3 is 1. The lowest BCUT2D eigenvalue weighted by Crippen LogP contribution is -2.23. The van der Waals surface area contributed by atoms with Crippen molar-refractivity contribution in [1.82, 2.24) is 5.43 Å². The third kappa shape index (κ3) is 4.37. The quantitative estimate of drug-likeness (QED) is 0.858. The van der Waals surface area contributed by atoms with Gasteiger partial charge in [0.1, 0.15) is 5.75 Å². The second-order valence-corrected chi connectivity index (χ2v) is 5.44. The monoisotopic (exact) mass is 274 g/mol. The van der Waals surface area contributed by atoms with Crippen LogP contribution in [0.2, 0.25) is 0 Å². The Kier molecular flexibility index (Phi) is 5.16. The lowest BCUT2D eigenvalue weighted by Gasteiger charge is -2.18. The maximum atomic E-state index is 11.8. The van der Waals surface area contributed by atoms with E-state index < -0.39 is 0 Å². The predicted molar refractivity (Wildman–Crippen MR) is 79.9 cm³/mol. The normalized spacial score (nSPS) is 20.7. The van der Waals surface area contributed by atoms with Gasteiger partial charge >= 0.3 is 0 Å². The second-order valence-electron chi connectivity index (χ2n) is 5.44. The summed E-state index contributed by atoms with van der Waals surface area (Å²) in [6.07, 6.45) is 4.79. The van der Waals surface area contributed by atoms with Crippen molar-refractivity contribution >= 4 is 11.6 Å². The van der Waals surface area contributed by atoms with Gasteiger partial charge in [0, 0.05) is 5.71 Å². The molecule has 1 atom stereocenters. The highest BCUT2D eigenvalue weighted by atomic mass is 16.5. The first-order valence-corrected chi connectivity index (χ1v) is 7.14. The summed E-state index contributed by atoms with van der Waals surface area (Å²) in [5, 5.41) is 4.26.